The molecule has 1 fully saturated rings. The molecule has 2 rings (SSSR count). The number of aromatic nitrogens is 1. The average Bonchev–Trinajstić information content (AvgIpc) is 2.92. The summed E-state index contributed by atoms with van der Waals surface area (Å²) in [6, 6.07) is 0. The number of hydrogen-bond donors (Lipinski definition) is 1. The Morgan fingerprint density at radius 3 is 2.90 bits per heavy atom. The highest BCUT2D eigenvalue weighted by molar-refractivity contribution is 7.11. The zero-order valence-electron chi connectivity index (χ0n) is 13.3. The minimum atomic E-state index is 0.743. The van der Waals surface area contributed by atoms with Crippen molar-refractivity contribution in [3.05, 3.63) is 16.1 Å². The van der Waals surface area contributed by atoms with E-state index in [0.717, 1.165) is 43.2 Å². The monoisotopic (exact) mass is 310 g/mol. The van der Waals surface area contributed by atoms with E-state index >= 15 is 0 Å². The van der Waals surface area contributed by atoms with E-state index in [1.54, 1.807) is 11.3 Å². The zero-order chi connectivity index (χ0) is 15.1. The minimum absolute atomic E-state index is 0.743. The van der Waals surface area contributed by atoms with Crippen LogP contribution in [0.4, 0.5) is 0 Å². The SMILES string of the molecule is CN=C(NCc1ncc(C)s1)N(C)CCC1CCOCC1. The van der Waals surface area contributed by atoms with Gasteiger partial charge in [0.25, 0.3) is 0 Å². The van der Waals surface area contributed by atoms with E-state index in [-0.39, 0.29) is 0 Å². The number of aliphatic imine (C=N–C) groups is 1. The van der Waals surface area contributed by atoms with Crippen LogP contribution in [0.2, 0.25) is 0 Å². The van der Waals surface area contributed by atoms with Gasteiger partial charge in [0, 0.05) is 44.9 Å². The van der Waals surface area contributed by atoms with Gasteiger partial charge in [0.05, 0.1) is 6.54 Å². The zero-order valence-corrected chi connectivity index (χ0v) is 14.1. The van der Waals surface area contributed by atoms with Crippen molar-refractivity contribution in [2.45, 2.75) is 32.7 Å². The predicted octanol–water partition coefficient (Wildman–Crippen LogP) is 2.28. The van der Waals surface area contributed by atoms with Crippen LogP contribution in [0.1, 0.15) is 29.1 Å². The first-order chi connectivity index (χ1) is 10.2. The van der Waals surface area contributed by atoms with Crippen molar-refractivity contribution in [1.29, 1.82) is 0 Å². The highest BCUT2D eigenvalue weighted by Gasteiger charge is 2.15. The van der Waals surface area contributed by atoms with Crippen LogP contribution < -0.4 is 5.32 Å². The van der Waals surface area contributed by atoms with Gasteiger partial charge in [0.2, 0.25) is 0 Å². The van der Waals surface area contributed by atoms with Crippen LogP contribution in [0.15, 0.2) is 11.2 Å². The van der Waals surface area contributed by atoms with E-state index in [1.807, 2.05) is 13.2 Å². The first-order valence-corrected chi connectivity index (χ1v) is 8.41. The second kappa shape index (κ2) is 8.34. The third-order valence-electron chi connectivity index (χ3n) is 3.85. The molecule has 0 unspecified atom stereocenters. The molecule has 6 heteroatoms. The van der Waals surface area contributed by atoms with E-state index in [1.165, 1.54) is 24.1 Å². The van der Waals surface area contributed by atoms with Crippen LogP contribution in [0.25, 0.3) is 0 Å². The lowest BCUT2D eigenvalue weighted by molar-refractivity contribution is 0.0625. The maximum absolute atomic E-state index is 5.41. The number of nitrogens with zero attached hydrogens (tertiary/aromatic N) is 3. The molecule has 1 aliphatic rings. The van der Waals surface area contributed by atoms with Gasteiger partial charge in [-0.25, -0.2) is 4.98 Å². The number of guanidine groups is 1. The first kappa shape index (κ1) is 16.2. The lowest BCUT2D eigenvalue weighted by Crippen LogP contribution is -2.39. The highest BCUT2D eigenvalue weighted by atomic mass is 32.1. The molecule has 1 aliphatic heterocycles. The highest BCUT2D eigenvalue weighted by Crippen LogP contribution is 2.18. The van der Waals surface area contributed by atoms with Crippen LogP contribution in [0.5, 0.6) is 0 Å². The van der Waals surface area contributed by atoms with Crippen molar-refractivity contribution >= 4 is 17.3 Å². The van der Waals surface area contributed by atoms with Crippen LogP contribution in [0.3, 0.4) is 0 Å². The first-order valence-electron chi connectivity index (χ1n) is 7.60. The standard InChI is InChI=1S/C15H26N4OS/c1-12-10-17-14(21-12)11-18-15(16-2)19(3)7-4-13-5-8-20-9-6-13/h10,13H,4-9,11H2,1-3H3,(H,16,18). The van der Waals surface area contributed by atoms with Crippen molar-refractivity contribution < 1.29 is 4.74 Å². The molecule has 2 heterocycles. The molecule has 0 bridgehead atoms. The summed E-state index contributed by atoms with van der Waals surface area (Å²) in [7, 11) is 3.93. The van der Waals surface area contributed by atoms with Crippen LogP contribution >= 0.6 is 11.3 Å². The van der Waals surface area contributed by atoms with Gasteiger partial charge < -0.3 is 15.0 Å². The third kappa shape index (κ3) is 5.28. The Labute approximate surface area is 131 Å². The predicted molar refractivity (Wildman–Crippen MR) is 87.8 cm³/mol. The molecule has 1 aromatic rings. The van der Waals surface area contributed by atoms with Crippen LogP contribution in [0, 0.1) is 12.8 Å². The Bertz CT molecular complexity index is 454. The van der Waals surface area contributed by atoms with Crippen LogP contribution in [-0.4, -0.2) is 49.7 Å². The Hall–Kier alpha value is -1.14. The summed E-state index contributed by atoms with van der Waals surface area (Å²) in [6.45, 7) is 5.69. The molecule has 118 valence electrons. The fraction of sp³-hybridized carbons (Fsp3) is 0.733. The van der Waals surface area contributed by atoms with Gasteiger partial charge in [-0.1, -0.05) is 0 Å². The summed E-state index contributed by atoms with van der Waals surface area (Å²) >= 11 is 1.73. The summed E-state index contributed by atoms with van der Waals surface area (Å²) in [6.07, 6.45) is 5.51. The Morgan fingerprint density at radius 1 is 1.52 bits per heavy atom. The molecule has 21 heavy (non-hydrogen) atoms. The molecule has 0 aliphatic carbocycles. The number of aryl methyl sites for hydroxylation is 1. The largest absolute Gasteiger partial charge is 0.381 e. The van der Waals surface area contributed by atoms with E-state index in [9.17, 15) is 0 Å². The lowest BCUT2D eigenvalue weighted by Gasteiger charge is -2.26. The average molecular weight is 310 g/mol. The normalized spacial score (nSPS) is 17.0. The van der Waals surface area contributed by atoms with Crippen molar-refractivity contribution in [1.82, 2.24) is 15.2 Å². The van der Waals surface area contributed by atoms with E-state index in [0.29, 0.717) is 0 Å². The van der Waals surface area contributed by atoms with Crippen LogP contribution in [-0.2, 0) is 11.3 Å². The minimum Gasteiger partial charge on any atom is -0.381 e. The lowest BCUT2D eigenvalue weighted by atomic mass is 9.96. The summed E-state index contributed by atoms with van der Waals surface area (Å²) in [5, 5.41) is 4.49. The molecular formula is C15H26N4OS. The van der Waals surface area contributed by atoms with Crippen molar-refractivity contribution in [2.75, 3.05) is 33.9 Å². The van der Waals surface area contributed by atoms with Gasteiger partial charge in [0.15, 0.2) is 5.96 Å². The molecule has 1 N–H and O–H groups in total. The topological polar surface area (TPSA) is 49.8 Å². The third-order valence-corrected chi connectivity index (χ3v) is 4.77. The summed E-state index contributed by atoms with van der Waals surface area (Å²) in [5.74, 6) is 1.73. The number of rotatable bonds is 5. The number of nitrogens with one attached hydrogen (secondary N) is 1. The maximum atomic E-state index is 5.41. The van der Waals surface area contributed by atoms with Crippen molar-refractivity contribution in [3.8, 4) is 0 Å². The van der Waals surface area contributed by atoms with Gasteiger partial charge in [-0.2, -0.15) is 0 Å². The molecule has 5 nitrogen and oxygen atoms in total. The van der Waals surface area contributed by atoms with E-state index < -0.39 is 0 Å². The summed E-state index contributed by atoms with van der Waals surface area (Å²) < 4.78 is 5.41. The Balaban J connectivity index is 1.74. The number of hydrogen-bond acceptors (Lipinski definition) is 4. The van der Waals surface area contributed by atoms with Crippen molar-refractivity contribution in [3.63, 3.8) is 0 Å². The molecule has 0 saturated carbocycles. The molecule has 0 radical (unpaired) electrons. The van der Waals surface area contributed by atoms with Gasteiger partial charge >= 0.3 is 0 Å². The molecule has 0 amide bonds. The number of ether oxygens (including phenoxy) is 1. The van der Waals surface area contributed by atoms with Gasteiger partial charge in [-0.3, -0.25) is 4.99 Å². The van der Waals surface area contributed by atoms with Gasteiger partial charge in [-0.05, 0) is 32.1 Å². The molecule has 1 aromatic heterocycles. The Kier molecular flexibility index (Phi) is 6.45. The fourth-order valence-electron chi connectivity index (χ4n) is 2.54. The maximum Gasteiger partial charge on any atom is 0.193 e. The Morgan fingerprint density at radius 2 is 2.29 bits per heavy atom. The fourth-order valence-corrected chi connectivity index (χ4v) is 3.27. The van der Waals surface area contributed by atoms with E-state index in [4.69, 9.17) is 4.74 Å². The van der Waals surface area contributed by atoms with Gasteiger partial charge in [-0.15, -0.1) is 11.3 Å². The quantitative estimate of drug-likeness (QED) is 0.669. The summed E-state index contributed by atoms with van der Waals surface area (Å²) in [4.78, 5) is 12.2. The van der Waals surface area contributed by atoms with Crippen molar-refractivity contribution in [2.24, 2.45) is 10.9 Å². The second-order valence-electron chi connectivity index (χ2n) is 5.53. The molecule has 0 atom stereocenters. The second-order valence-corrected chi connectivity index (χ2v) is 6.85. The van der Waals surface area contributed by atoms with E-state index in [2.05, 4.69) is 34.2 Å². The summed E-state index contributed by atoms with van der Waals surface area (Å²) in [5.41, 5.74) is 0. The molecular weight excluding hydrogens is 284 g/mol. The van der Waals surface area contributed by atoms with Gasteiger partial charge in [0.1, 0.15) is 5.01 Å². The number of thiazole rings is 1. The molecule has 0 spiro atoms. The molecule has 1 saturated heterocycles. The smallest absolute Gasteiger partial charge is 0.193 e. The molecule has 0 aromatic carbocycles.